The van der Waals surface area contributed by atoms with Gasteiger partial charge < -0.3 is 19.2 Å². The summed E-state index contributed by atoms with van der Waals surface area (Å²) in [4.78, 5) is 40.5. The predicted octanol–water partition coefficient (Wildman–Crippen LogP) is 2.30. The van der Waals surface area contributed by atoms with Crippen LogP contribution in [0.2, 0.25) is 0 Å². The van der Waals surface area contributed by atoms with Gasteiger partial charge in [0.25, 0.3) is 5.91 Å². The van der Waals surface area contributed by atoms with E-state index in [1.165, 1.54) is 16.7 Å². The Morgan fingerprint density at radius 1 is 1.28 bits per heavy atom. The number of amidine groups is 1. The summed E-state index contributed by atoms with van der Waals surface area (Å²) < 4.78 is 5.48. The average molecular weight is 410 g/mol. The van der Waals surface area contributed by atoms with Crippen molar-refractivity contribution in [3.05, 3.63) is 47.9 Å². The van der Waals surface area contributed by atoms with E-state index in [9.17, 15) is 9.59 Å². The fourth-order valence-corrected chi connectivity index (χ4v) is 4.49. The zero-order valence-electron chi connectivity index (χ0n) is 15.7. The van der Waals surface area contributed by atoms with Crippen LogP contribution in [0.25, 0.3) is 11.0 Å². The number of nitrogens with one attached hydrogen (secondary N) is 2. The number of furan rings is 1. The second kappa shape index (κ2) is 6.66. The molecule has 1 fully saturated rings. The van der Waals surface area contributed by atoms with E-state index in [0.29, 0.717) is 22.6 Å². The number of imidazole rings is 1. The number of aromatic amines is 1. The zero-order chi connectivity index (χ0) is 20.1. The molecule has 3 amide bonds. The summed E-state index contributed by atoms with van der Waals surface area (Å²) in [5.74, 6) is 0.329. The van der Waals surface area contributed by atoms with Gasteiger partial charge in [-0.15, -0.1) is 0 Å². The van der Waals surface area contributed by atoms with Gasteiger partial charge in [0, 0.05) is 7.05 Å². The Balaban J connectivity index is 1.50. The van der Waals surface area contributed by atoms with Gasteiger partial charge in [0.05, 0.1) is 23.8 Å². The number of hydrogen-bond donors (Lipinski definition) is 2. The highest BCUT2D eigenvalue weighted by Gasteiger charge is 2.49. The van der Waals surface area contributed by atoms with E-state index in [1.54, 1.807) is 19.4 Å². The van der Waals surface area contributed by atoms with Crippen molar-refractivity contribution in [2.75, 3.05) is 7.05 Å². The minimum Gasteiger partial charge on any atom is -0.467 e. The maximum atomic E-state index is 12.6. The number of H-pyrrole nitrogens is 1. The maximum absolute atomic E-state index is 12.6. The number of aliphatic imine (C=N–C) groups is 1. The number of imide groups is 1. The van der Waals surface area contributed by atoms with Crippen molar-refractivity contribution in [1.82, 2.24) is 25.1 Å². The molecule has 3 aromatic rings. The molecule has 0 saturated carbocycles. The second-order valence-corrected chi connectivity index (χ2v) is 8.00. The molecule has 9 nitrogen and oxygen atoms in total. The quantitative estimate of drug-likeness (QED) is 0.686. The van der Waals surface area contributed by atoms with Gasteiger partial charge in [-0.1, -0.05) is 6.07 Å². The van der Waals surface area contributed by atoms with Crippen LogP contribution in [-0.4, -0.2) is 56.1 Å². The molecule has 10 heteroatoms. The third-order valence-electron chi connectivity index (χ3n) is 5.03. The number of nitrogens with zero attached hydrogens (tertiary/aromatic N) is 4. The number of aromatic nitrogens is 2. The molecule has 2 aromatic heterocycles. The van der Waals surface area contributed by atoms with Gasteiger partial charge in [-0.25, -0.2) is 14.8 Å². The second-order valence-electron chi connectivity index (χ2n) is 7.05. The Morgan fingerprint density at radius 2 is 2.14 bits per heavy atom. The standard InChI is InChI=1S/C19H18N6O3S/c1-10-5-6-12-13(8-10)21-17(20-12)29-19-22-15-14(16(26)23-18(27)24(15)2)25(19)9-11-4-3-7-28-11/h3-8,14-15H,9H2,1-2H3,(H,20,21)(H,23,26,27). The molecule has 1 saturated heterocycles. The summed E-state index contributed by atoms with van der Waals surface area (Å²) in [7, 11) is 1.63. The Hall–Kier alpha value is -3.27. The molecule has 0 spiro atoms. The van der Waals surface area contributed by atoms with Crippen LogP contribution in [0.3, 0.4) is 0 Å². The predicted molar refractivity (Wildman–Crippen MR) is 107 cm³/mol. The summed E-state index contributed by atoms with van der Waals surface area (Å²) in [5, 5.41) is 3.66. The molecular formula is C19H18N6O3S. The van der Waals surface area contributed by atoms with Crippen LogP contribution in [0.4, 0.5) is 4.79 Å². The maximum Gasteiger partial charge on any atom is 0.325 e. The lowest BCUT2D eigenvalue weighted by Gasteiger charge is -2.35. The van der Waals surface area contributed by atoms with Crippen LogP contribution in [-0.2, 0) is 11.3 Å². The molecule has 2 unspecified atom stereocenters. The lowest BCUT2D eigenvalue weighted by Crippen LogP contribution is -2.63. The summed E-state index contributed by atoms with van der Waals surface area (Å²) in [6.07, 6.45) is 0.991. The first-order valence-electron chi connectivity index (χ1n) is 9.08. The molecule has 0 bridgehead atoms. The van der Waals surface area contributed by atoms with E-state index in [1.807, 2.05) is 36.1 Å². The largest absolute Gasteiger partial charge is 0.467 e. The van der Waals surface area contributed by atoms with E-state index in [0.717, 1.165) is 16.6 Å². The highest BCUT2D eigenvalue weighted by atomic mass is 32.2. The fourth-order valence-electron chi connectivity index (χ4n) is 3.56. The minimum absolute atomic E-state index is 0.356. The van der Waals surface area contributed by atoms with Crippen molar-refractivity contribution in [1.29, 1.82) is 0 Å². The number of carbonyl (C=O) groups is 2. The topological polar surface area (TPSA) is 107 Å². The van der Waals surface area contributed by atoms with Crippen molar-refractivity contribution < 1.29 is 14.0 Å². The Bertz CT molecular complexity index is 1140. The molecular weight excluding hydrogens is 392 g/mol. The van der Waals surface area contributed by atoms with Crippen LogP contribution in [0.5, 0.6) is 0 Å². The van der Waals surface area contributed by atoms with Crippen molar-refractivity contribution in [2.24, 2.45) is 4.99 Å². The Labute approximate surface area is 170 Å². The van der Waals surface area contributed by atoms with Crippen molar-refractivity contribution in [3.63, 3.8) is 0 Å². The van der Waals surface area contributed by atoms with Gasteiger partial charge in [0.15, 0.2) is 22.5 Å². The van der Waals surface area contributed by atoms with Gasteiger partial charge in [-0.05, 0) is 48.5 Å². The molecule has 0 radical (unpaired) electrons. The molecule has 2 aliphatic rings. The van der Waals surface area contributed by atoms with Gasteiger partial charge in [-0.3, -0.25) is 10.1 Å². The molecule has 2 atom stereocenters. The van der Waals surface area contributed by atoms with Gasteiger partial charge in [0.1, 0.15) is 5.76 Å². The van der Waals surface area contributed by atoms with Crippen LogP contribution in [0.15, 0.2) is 51.2 Å². The minimum atomic E-state index is -0.628. The first-order chi connectivity index (χ1) is 14.0. The number of benzene rings is 1. The van der Waals surface area contributed by atoms with Gasteiger partial charge >= 0.3 is 6.03 Å². The molecule has 2 N–H and O–H groups in total. The van der Waals surface area contributed by atoms with E-state index < -0.39 is 18.2 Å². The number of thioether (sulfide) groups is 1. The lowest BCUT2D eigenvalue weighted by molar-refractivity contribution is -0.127. The molecule has 29 heavy (non-hydrogen) atoms. The molecule has 2 aliphatic heterocycles. The highest BCUT2D eigenvalue weighted by molar-refractivity contribution is 8.13. The van der Waals surface area contributed by atoms with E-state index in [4.69, 9.17) is 4.42 Å². The number of hydrogen-bond acceptors (Lipinski definition) is 7. The Kier molecular flexibility index (Phi) is 4.09. The number of rotatable bonds is 3. The smallest absolute Gasteiger partial charge is 0.325 e. The van der Waals surface area contributed by atoms with Crippen LogP contribution in [0, 0.1) is 6.92 Å². The summed E-state index contributed by atoms with van der Waals surface area (Å²) >= 11 is 1.33. The van der Waals surface area contributed by atoms with Gasteiger partial charge in [0.2, 0.25) is 0 Å². The summed E-state index contributed by atoms with van der Waals surface area (Å²) in [5.41, 5.74) is 2.93. The third-order valence-corrected chi connectivity index (χ3v) is 5.94. The number of aryl methyl sites for hydroxylation is 1. The average Bonchev–Trinajstić information content (AvgIpc) is 3.40. The fraction of sp³-hybridized carbons (Fsp3) is 0.263. The number of carbonyl (C=O) groups excluding carboxylic acids is 2. The number of amides is 3. The number of fused-ring (bicyclic) bond motifs is 2. The van der Waals surface area contributed by atoms with E-state index in [-0.39, 0.29) is 5.91 Å². The highest BCUT2D eigenvalue weighted by Crippen LogP contribution is 2.33. The van der Waals surface area contributed by atoms with Crippen LogP contribution < -0.4 is 5.32 Å². The number of urea groups is 1. The van der Waals surface area contributed by atoms with E-state index >= 15 is 0 Å². The van der Waals surface area contributed by atoms with Crippen molar-refractivity contribution in [2.45, 2.75) is 30.8 Å². The monoisotopic (exact) mass is 410 g/mol. The molecule has 148 valence electrons. The van der Waals surface area contributed by atoms with Gasteiger partial charge in [-0.2, -0.15) is 0 Å². The Morgan fingerprint density at radius 3 is 2.93 bits per heavy atom. The summed E-state index contributed by atoms with van der Waals surface area (Å²) in [6, 6.07) is 8.55. The molecule has 4 heterocycles. The SMILES string of the molecule is Cc1ccc2nc(SC3=NC4C(C(=O)NC(=O)N4C)N3Cc3ccco3)[nH]c2c1. The molecule has 1 aromatic carbocycles. The van der Waals surface area contributed by atoms with E-state index in [2.05, 4.69) is 20.3 Å². The van der Waals surface area contributed by atoms with Crippen LogP contribution in [0.1, 0.15) is 11.3 Å². The van der Waals surface area contributed by atoms with Crippen molar-refractivity contribution in [3.8, 4) is 0 Å². The number of likely N-dealkylation sites (N-methyl/N-ethyl adjacent to an activating group) is 1. The normalized spacial score (nSPS) is 21.5. The lowest BCUT2D eigenvalue weighted by atomic mass is 10.1. The molecule has 5 rings (SSSR count). The summed E-state index contributed by atoms with van der Waals surface area (Å²) in [6.45, 7) is 2.38. The van der Waals surface area contributed by atoms with Crippen LogP contribution >= 0.6 is 11.8 Å². The molecule has 0 aliphatic carbocycles. The van der Waals surface area contributed by atoms with Crippen molar-refractivity contribution >= 4 is 39.9 Å². The first kappa shape index (κ1) is 17.8. The zero-order valence-corrected chi connectivity index (χ0v) is 16.6. The first-order valence-corrected chi connectivity index (χ1v) is 9.90. The third kappa shape index (κ3) is 3.05.